The van der Waals surface area contributed by atoms with Crippen LogP contribution in [0.15, 0.2) is 53.9 Å². The fourth-order valence-electron chi connectivity index (χ4n) is 3.99. The minimum Gasteiger partial charge on any atom is -0.372 e. The summed E-state index contributed by atoms with van der Waals surface area (Å²) in [5.41, 5.74) is 1.02. The molecule has 2 aromatic carbocycles. The first-order valence-corrected chi connectivity index (χ1v) is 12.2. The minimum atomic E-state index is -3.73. The highest BCUT2D eigenvalue weighted by molar-refractivity contribution is 7.89. The molecule has 1 saturated heterocycles. The van der Waals surface area contributed by atoms with Crippen molar-refractivity contribution in [2.45, 2.75) is 18.7 Å². The van der Waals surface area contributed by atoms with E-state index in [0.29, 0.717) is 5.39 Å². The lowest BCUT2D eigenvalue weighted by atomic mass is 10.1. The average Bonchev–Trinajstić information content (AvgIpc) is 2.82. The Balaban J connectivity index is 1.81. The van der Waals surface area contributed by atoms with Crippen LogP contribution in [-0.2, 0) is 19.6 Å². The monoisotopic (exact) mass is 458 g/mol. The highest BCUT2D eigenvalue weighted by atomic mass is 32.2. The van der Waals surface area contributed by atoms with Crippen LogP contribution in [0.1, 0.15) is 13.8 Å². The van der Waals surface area contributed by atoms with E-state index in [-0.39, 0.29) is 43.5 Å². The molecule has 0 saturated carbocycles. The van der Waals surface area contributed by atoms with Crippen molar-refractivity contribution in [3.8, 4) is 0 Å². The zero-order valence-corrected chi connectivity index (χ0v) is 19.4. The molecule has 1 aliphatic heterocycles. The number of anilines is 1. The Bertz CT molecular complexity index is 1100. The molecule has 1 heterocycles. The van der Waals surface area contributed by atoms with Crippen LogP contribution in [0.3, 0.4) is 0 Å². The van der Waals surface area contributed by atoms with Crippen LogP contribution in [0.4, 0.5) is 5.69 Å². The third-order valence-electron chi connectivity index (χ3n) is 5.77. The lowest BCUT2D eigenvalue weighted by Crippen LogP contribution is -2.52. The zero-order valence-electron chi connectivity index (χ0n) is 18.6. The molecule has 3 rings (SSSR count). The van der Waals surface area contributed by atoms with Crippen LogP contribution in [0.5, 0.6) is 0 Å². The number of nitrogens with one attached hydrogen (secondary N) is 1. The smallest absolute Gasteiger partial charge is 0.243 e. The fourth-order valence-corrected chi connectivity index (χ4v) is 5.62. The Morgan fingerprint density at radius 1 is 1.03 bits per heavy atom. The highest BCUT2D eigenvalue weighted by Gasteiger charge is 2.31. The number of carbonyl (C=O) groups excluding carboxylic acids is 2. The third-order valence-corrected chi connectivity index (χ3v) is 7.73. The highest BCUT2D eigenvalue weighted by Crippen LogP contribution is 2.32. The van der Waals surface area contributed by atoms with Crippen LogP contribution in [0, 0.1) is 0 Å². The number of benzene rings is 2. The molecule has 0 bridgehead atoms. The summed E-state index contributed by atoms with van der Waals surface area (Å²) >= 11 is 0. The van der Waals surface area contributed by atoms with E-state index in [2.05, 4.69) is 30.6 Å². The molecule has 9 heteroatoms. The van der Waals surface area contributed by atoms with E-state index >= 15 is 0 Å². The van der Waals surface area contributed by atoms with Gasteiger partial charge in [-0.25, -0.2) is 8.42 Å². The topological polar surface area (TPSA) is 90.0 Å². The van der Waals surface area contributed by atoms with Gasteiger partial charge in [0, 0.05) is 55.7 Å². The summed E-state index contributed by atoms with van der Waals surface area (Å²) in [5, 5.41) is 4.06. The molecule has 1 N–H and O–H groups in total. The van der Waals surface area contributed by atoms with E-state index in [9.17, 15) is 18.0 Å². The maximum Gasteiger partial charge on any atom is 0.243 e. The number of piperazine rings is 1. The molecule has 1 aliphatic rings. The molecule has 8 nitrogen and oxygen atoms in total. The maximum absolute atomic E-state index is 13.5. The van der Waals surface area contributed by atoms with Crippen molar-refractivity contribution in [1.82, 2.24) is 14.5 Å². The second-order valence-electron chi connectivity index (χ2n) is 7.51. The molecule has 0 unspecified atom stereocenters. The molecule has 1 fully saturated rings. The van der Waals surface area contributed by atoms with Gasteiger partial charge in [-0.05, 0) is 32.1 Å². The maximum atomic E-state index is 13.5. The van der Waals surface area contributed by atoms with Gasteiger partial charge in [-0.2, -0.15) is 4.31 Å². The van der Waals surface area contributed by atoms with Crippen molar-refractivity contribution in [2.75, 3.05) is 50.7 Å². The van der Waals surface area contributed by atoms with Crippen molar-refractivity contribution >= 4 is 38.3 Å². The molecular weight excluding hydrogens is 428 g/mol. The van der Waals surface area contributed by atoms with Crippen LogP contribution >= 0.6 is 0 Å². The second kappa shape index (κ2) is 10.1. The minimum absolute atomic E-state index is 0.130. The van der Waals surface area contributed by atoms with Gasteiger partial charge in [-0.1, -0.05) is 30.8 Å². The largest absolute Gasteiger partial charge is 0.372 e. The molecule has 2 amide bonds. The van der Waals surface area contributed by atoms with E-state index in [1.54, 1.807) is 17.0 Å². The summed E-state index contributed by atoms with van der Waals surface area (Å²) in [4.78, 5) is 27.6. The first-order valence-electron chi connectivity index (χ1n) is 10.8. The summed E-state index contributed by atoms with van der Waals surface area (Å²) in [6, 6.07) is 11.1. The van der Waals surface area contributed by atoms with Crippen molar-refractivity contribution in [3.63, 3.8) is 0 Å². The predicted molar refractivity (Wildman–Crippen MR) is 126 cm³/mol. The van der Waals surface area contributed by atoms with E-state index in [1.807, 2.05) is 24.3 Å². The van der Waals surface area contributed by atoms with E-state index in [4.69, 9.17) is 0 Å². The SMILES string of the molecule is C=CC(=O)NCC(=O)N1CCN(S(=O)(=O)c2cccc3c(N(CC)CC)cccc23)CC1. The third kappa shape index (κ3) is 4.78. The fraction of sp³-hybridized carbons (Fsp3) is 0.391. The van der Waals surface area contributed by atoms with E-state index in [1.165, 1.54) is 4.31 Å². The summed E-state index contributed by atoms with van der Waals surface area (Å²) in [6.45, 7) is 9.99. The van der Waals surface area contributed by atoms with Gasteiger partial charge in [0.15, 0.2) is 0 Å². The molecule has 172 valence electrons. The van der Waals surface area contributed by atoms with Gasteiger partial charge in [-0.3, -0.25) is 9.59 Å². The lowest BCUT2D eigenvalue weighted by Gasteiger charge is -2.34. The number of nitrogens with zero attached hydrogens (tertiary/aromatic N) is 3. The number of rotatable bonds is 8. The number of amides is 2. The van der Waals surface area contributed by atoms with E-state index < -0.39 is 15.9 Å². The van der Waals surface area contributed by atoms with Gasteiger partial charge in [-0.15, -0.1) is 0 Å². The molecule has 0 aliphatic carbocycles. The molecule has 0 atom stereocenters. The van der Waals surface area contributed by atoms with Crippen molar-refractivity contribution in [3.05, 3.63) is 49.1 Å². The van der Waals surface area contributed by atoms with E-state index in [0.717, 1.165) is 30.2 Å². The second-order valence-corrected chi connectivity index (χ2v) is 9.41. The predicted octanol–water partition coefficient (Wildman–Crippen LogP) is 1.82. The normalized spacial score (nSPS) is 14.9. The van der Waals surface area contributed by atoms with Gasteiger partial charge in [0.25, 0.3) is 0 Å². The molecule has 0 spiro atoms. The summed E-state index contributed by atoms with van der Waals surface area (Å²) < 4.78 is 28.4. The first-order chi connectivity index (χ1) is 15.3. The number of sulfonamides is 1. The van der Waals surface area contributed by atoms with Gasteiger partial charge in [0.05, 0.1) is 11.4 Å². The van der Waals surface area contributed by atoms with Crippen LogP contribution in [0.2, 0.25) is 0 Å². The quantitative estimate of drug-likeness (QED) is 0.610. The lowest BCUT2D eigenvalue weighted by molar-refractivity contribution is -0.133. The Kier molecular flexibility index (Phi) is 7.52. The Morgan fingerprint density at radius 3 is 2.28 bits per heavy atom. The average molecular weight is 459 g/mol. The molecule has 32 heavy (non-hydrogen) atoms. The van der Waals surface area contributed by atoms with Gasteiger partial charge in [0.2, 0.25) is 21.8 Å². The van der Waals surface area contributed by atoms with Crippen molar-refractivity contribution < 1.29 is 18.0 Å². The zero-order chi connectivity index (χ0) is 23.3. The van der Waals surface area contributed by atoms with Crippen molar-refractivity contribution in [1.29, 1.82) is 0 Å². The van der Waals surface area contributed by atoms with Crippen LogP contribution in [0.25, 0.3) is 10.8 Å². The van der Waals surface area contributed by atoms with Crippen LogP contribution < -0.4 is 10.2 Å². The van der Waals surface area contributed by atoms with Gasteiger partial charge in [0.1, 0.15) is 0 Å². The number of carbonyl (C=O) groups is 2. The number of hydrogen-bond acceptors (Lipinski definition) is 5. The summed E-state index contributed by atoms with van der Waals surface area (Å²) in [7, 11) is -3.73. The Morgan fingerprint density at radius 2 is 1.66 bits per heavy atom. The number of fused-ring (bicyclic) bond motifs is 1. The first kappa shape index (κ1) is 23.7. The van der Waals surface area contributed by atoms with Gasteiger partial charge >= 0.3 is 0 Å². The number of hydrogen-bond donors (Lipinski definition) is 1. The molecular formula is C23H30N4O4S. The molecule has 2 aromatic rings. The standard InChI is InChI=1S/C23H30N4O4S/c1-4-22(28)24-17-23(29)26-13-15-27(16-14-26)32(30,31)21-12-8-9-18-19(21)10-7-11-20(18)25(5-2)6-3/h4,7-12H,1,5-6,13-17H2,2-3H3,(H,24,28). The van der Waals surface area contributed by atoms with Crippen molar-refractivity contribution in [2.24, 2.45) is 0 Å². The summed E-state index contributed by atoms with van der Waals surface area (Å²) in [5.74, 6) is -0.661. The molecule has 0 radical (unpaired) electrons. The Hall–Kier alpha value is -2.91. The molecule has 0 aromatic heterocycles. The van der Waals surface area contributed by atoms with Gasteiger partial charge < -0.3 is 15.1 Å². The van der Waals surface area contributed by atoms with Crippen LogP contribution in [-0.4, -0.2) is 75.3 Å². The summed E-state index contributed by atoms with van der Waals surface area (Å²) in [6.07, 6.45) is 1.10. The Labute approximate surface area is 189 Å².